The van der Waals surface area contributed by atoms with Crippen molar-refractivity contribution in [2.24, 2.45) is 0 Å². The van der Waals surface area contributed by atoms with Crippen LogP contribution in [0.15, 0.2) is 24.3 Å². The van der Waals surface area contributed by atoms with Crippen molar-refractivity contribution in [3.63, 3.8) is 0 Å². The van der Waals surface area contributed by atoms with Crippen LogP contribution in [0.5, 0.6) is 0 Å². The lowest BCUT2D eigenvalue weighted by molar-refractivity contribution is 0.0988. The Hall–Kier alpha value is -1.90. The van der Waals surface area contributed by atoms with E-state index in [0.717, 1.165) is 35.3 Å². The third kappa shape index (κ3) is 2.67. The normalized spacial score (nSPS) is 10.8. The first-order valence-electron chi connectivity index (χ1n) is 7.26. The molecule has 0 aliphatic rings. The SMILES string of the molecule is CCCn1nc(C)c(-c2cccc(C(=O)CC)c2)c1C. The summed E-state index contributed by atoms with van der Waals surface area (Å²) in [5, 5.41) is 4.60. The number of rotatable bonds is 5. The third-order valence-electron chi connectivity index (χ3n) is 3.61. The summed E-state index contributed by atoms with van der Waals surface area (Å²) >= 11 is 0. The molecule has 0 atom stereocenters. The van der Waals surface area contributed by atoms with E-state index < -0.39 is 0 Å². The summed E-state index contributed by atoms with van der Waals surface area (Å²) < 4.78 is 2.05. The van der Waals surface area contributed by atoms with Crippen molar-refractivity contribution < 1.29 is 4.79 Å². The van der Waals surface area contributed by atoms with Gasteiger partial charge in [0.15, 0.2) is 5.78 Å². The highest BCUT2D eigenvalue weighted by Crippen LogP contribution is 2.28. The van der Waals surface area contributed by atoms with E-state index in [4.69, 9.17) is 0 Å². The fraction of sp³-hybridized carbons (Fsp3) is 0.412. The van der Waals surface area contributed by atoms with E-state index in [-0.39, 0.29) is 5.78 Å². The van der Waals surface area contributed by atoms with E-state index in [2.05, 4.69) is 29.7 Å². The van der Waals surface area contributed by atoms with E-state index in [0.29, 0.717) is 6.42 Å². The maximum atomic E-state index is 11.9. The predicted molar refractivity (Wildman–Crippen MR) is 82.0 cm³/mol. The van der Waals surface area contributed by atoms with Gasteiger partial charge in [-0.2, -0.15) is 5.10 Å². The molecule has 0 radical (unpaired) electrons. The lowest BCUT2D eigenvalue weighted by Crippen LogP contribution is -2.01. The second kappa shape index (κ2) is 6.04. The molecule has 0 unspecified atom stereocenters. The molecule has 2 rings (SSSR count). The molecule has 0 N–H and O–H groups in total. The van der Waals surface area contributed by atoms with Crippen LogP contribution in [0.3, 0.4) is 0 Å². The van der Waals surface area contributed by atoms with Gasteiger partial charge in [-0.05, 0) is 31.9 Å². The lowest BCUT2D eigenvalue weighted by atomic mass is 9.99. The molecule has 106 valence electrons. The number of carbonyl (C=O) groups is 1. The van der Waals surface area contributed by atoms with Gasteiger partial charge in [0.05, 0.1) is 5.69 Å². The first-order chi connectivity index (χ1) is 9.58. The molecule has 0 bridgehead atoms. The highest BCUT2D eigenvalue weighted by Gasteiger charge is 2.14. The standard InChI is InChI=1S/C17H22N2O/c1-5-10-19-13(4)17(12(3)18-19)15-9-7-8-14(11-15)16(20)6-2/h7-9,11H,5-6,10H2,1-4H3. The topological polar surface area (TPSA) is 34.9 Å². The van der Waals surface area contributed by atoms with E-state index in [9.17, 15) is 4.79 Å². The Kier molecular flexibility index (Phi) is 4.38. The van der Waals surface area contributed by atoms with Crippen molar-refractivity contribution in [3.8, 4) is 11.1 Å². The molecule has 1 heterocycles. The monoisotopic (exact) mass is 270 g/mol. The molecule has 0 spiro atoms. The highest BCUT2D eigenvalue weighted by atomic mass is 16.1. The van der Waals surface area contributed by atoms with E-state index in [1.54, 1.807) is 0 Å². The summed E-state index contributed by atoms with van der Waals surface area (Å²) in [7, 11) is 0. The zero-order valence-corrected chi connectivity index (χ0v) is 12.7. The van der Waals surface area contributed by atoms with Crippen molar-refractivity contribution in [1.82, 2.24) is 9.78 Å². The number of hydrogen-bond acceptors (Lipinski definition) is 2. The quantitative estimate of drug-likeness (QED) is 0.764. The molecule has 0 fully saturated rings. The summed E-state index contributed by atoms with van der Waals surface area (Å²) in [6.07, 6.45) is 1.60. The van der Waals surface area contributed by atoms with Gasteiger partial charge >= 0.3 is 0 Å². The van der Waals surface area contributed by atoms with Crippen LogP contribution in [0.4, 0.5) is 0 Å². The summed E-state index contributed by atoms with van der Waals surface area (Å²) in [4.78, 5) is 11.9. The summed E-state index contributed by atoms with van der Waals surface area (Å²) in [5.74, 6) is 0.183. The zero-order valence-electron chi connectivity index (χ0n) is 12.7. The van der Waals surface area contributed by atoms with Crippen molar-refractivity contribution in [1.29, 1.82) is 0 Å². The van der Waals surface area contributed by atoms with Crippen LogP contribution in [0.25, 0.3) is 11.1 Å². The molecule has 0 aliphatic carbocycles. The molecule has 1 aromatic carbocycles. The van der Waals surface area contributed by atoms with Crippen molar-refractivity contribution in [3.05, 3.63) is 41.2 Å². The zero-order chi connectivity index (χ0) is 14.7. The fourth-order valence-corrected chi connectivity index (χ4v) is 2.60. The molecule has 0 saturated heterocycles. The van der Waals surface area contributed by atoms with Gasteiger partial charge in [-0.3, -0.25) is 9.48 Å². The Morgan fingerprint density at radius 2 is 2.00 bits per heavy atom. The summed E-state index contributed by atoms with van der Waals surface area (Å²) in [5.41, 5.74) is 5.22. The largest absolute Gasteiger partial charge is 0.294 e. The Labute approximate surface area is 120 Å². The van der Waals surface area contributed by atoms with Crippen LogP contribution in [-0.4, -0.2) is 15.6 Å². The van der Waals surface area contributed by atoms with Gasteiger partial charge in [-0.25, -0.2) is 0 Å². The number of aromatic nitrogens is 2. The van der Waals surface area contributed by atoms with Gasteiger partial charge in [0.2, 0.25) is 0 Å². The maximum Gasteiger partial charge on any atom is 0.162 e. The summed E-state index contributed by atoms with van der Waals surface area (Å²) in [6, 6.07) is 7.88. The molecular formula is C17H22N2O. The lowest BCUT2D eigenvalue weighted by Gasteiger charge is -2.06. The number of aryl methyl sites for hydroxylation is 2. The van der Waals surface area contributed by atoms with Crippen molar-refractivity contribution in [2.75, 3.05) is 0 Å². The Morgan fingerprint density at radius 1 is 1.25 bits per heavy atom. The number of Topliss-reactive ketones (excluding diaryl/α,β-unsaturated/α-hetero) is 1. The Bertz CT molecular complexity index is 626. The number of benzene rings is 1. The van der Waals surface area contributed by atoms with Crippen LogP contribution in [-0.2, 0) is 6.54 Å². The first-order valence-corrected chi connectivity index (χ1v) is 7.26. The van der Waals surface area contributed by atoms with E-state index in [1.807, 2.05) is 32.0 Å². The van der Waals surface area contributed by atoms with Crippen LogP contribution in [0.2, 0.25) is 0 Å². The van der Waals surface area contributed by atoms with Crippen LogP contribution in [0, 0.1) is 13.8 Å². The minimum Gasteiger partial charge on any atom is -0.294 e. The molecule has 1 aromatic heterocycles. The molecule has 0 aliphatic heterocycles. The maximum absolute atomic E-state index is 11.9. The smallest absolute Gasteiger partial charge is 0.162 e. The van der Waals surface area contributed by atoms with Crippen molar-refractivity contribution >= 4 is 5.78 Å². The van der Waals surface area contributed by atoms with Crippen LogP contribution in [0.1, 0.15) is 48.4 Å². The molecule has 0 saturated carbocycles. The number of ketones is 1. The minimum absolute atomic E-state index is 0.183. The van der Waals surface area contributed by atoms with Gasteiger partial charge in [-0.1, -0.05) is 32.0 Å². The van der Waals surface area contributed by atoms with Gasteiger partial charge in [0.25, 0.3) is 0 Å². The second-order valence-corrected chi connectivity index (χ2v) is 5.13. The van der Waals surface area contributed by atoms with E-state index in [1.165, 1.54) is 5.69 Å². The number of hydrogen-bond donors (Lipinski definition) is 0. The average Bonchev–Trinajstić information content (AvgIpc) is 2.73. The Morgan fingerprint density at radius 3 is 2.65 bits per heavy atom. The average molecular weight is 270 g/mol. The van der Waals surface area contributed by atoms with Crippen LogP contribution >= 0.6 is 0 Å². The van der Waals surface area contributed by atoms with Gasteiger partial charge in [0, 0.05) is 29.8 Å². The van der Waals surface area contributed by atoms with Crippen LogP contribution < -0.4 is 0 Å². The Balaban J connectivity index is 2.49. The molecule has 2 aromatic rings. The van der Waals surface area contributed by atoms with Gasteiger partial charge in [0.1, 0.15) is 0 Å². The van der Waals surface area contributed by atoms with Gasteiger partial charge in [-0.15, -0.1) is 0 Å². The molecule has 3 heteroatoms. The third-order valence-corrected chi connectivity index (χ3v) is 3.61. The first kappa shape index (κ1) is 14.5. The number of carbonyl (C=O) groups excluding carboxylic acids is 1. The highest BCUT2D eigenvalue weighted by molar-refractivity contribution is 5.97. The summed E-state index contributed by atoms with van der Waals surface area (Å²) in [6.45, 7) is 9.10. The molecular weight excluding hydrogens is 248 g/mol. The van der Waals surface area contributed by atoms with E-state index >= 15 is 0 Å². The molecule has 0 amide bonds. The fourth-order valence-electron chi connectivity index (χ4n) is 2.60. The van der Waals surface area contributed by atoms with Gasteiger partial charge < -0.3 is 0 Å². The van der Waals surface area contributed by atoms with Crippen molar-refractivity contribution in [2.45, 2.75) is 47.1 Å². The predicted octanol–water partition coefficient (Wildman–Crippen LogP) is 4.17. The minimum atomic E-state index is 0.183. The number of nitrogens with zero attached hydrogens (tertiary/aromatic N) is 2. The molecule has 20 heavy (non-hydrogen) atoms. The second-order valence-electron chi connectivity index (χ2n) is 5.13. The molecule has 3 nitrogen and oxygen atoms in total.